The number of methoxy groups -OCH3 is 1. The van der Waals surface area contributed by atoms with Gasteiger partial charge in [0.2, 0.25) is 0 Å². The predicted octanol–water partition coefficient (Wildman–Crippen LogP) is 1.67. The summed E-state index contributed by atoms with van der Waals surface area (Å²) in [6.07, 6.45) is 2.47. The molecule has 1 rings (SSSR count). The highest BCUT2D eigenvalue weighted by molar-refractivity contribution is 5.98. The van der Waals surface area contributed by atoms with Crippen molar-refractivity contribution in [3.05, 3.63) is 23.9 Å². The fraction of sp³-hybridized carbons (Fsp3) is 0.538. The van der Waals surface area contributed by atoms with Gasteiger partial charge in [0.1, 0.15) is 5.82 Å². The van der Waals surface area contributed by atoms with Crippen LogP contribution in [0.15, 0.2) is 18.3 Å². The number of rotatable bonds is 7. The second kappa shape index (κ2) is 7.66. The van der Waals surface area contributed by atoms with Crippen molar-refractivity contribution in [3.63, 3.8) is 0 Å². The number of amides is 1. The number of ether oxygens (including phenoxy) is 1. The summed E-state index contributed by atoms with van der Waals surface area (Å²) in [4.78, 5) is 16.2. The molecule has 1 aromatic rings. The first-order valence-electron chi connectivity index (χ1n) is 6.14. The van der Waals surface area contributed by atoms with E-state index in [0.717, 1.165) is 6.42 Å². The van der Waals surface area contributed by atoms with E-state index in [1.807, 2.05) is 13.8 Å². The minimum absolute atomic E-state index is 0.109. The first-order valence-corrected chi connectivity index (χ1v) is 6.14. The van der Waals surface area contributed by atoms with Crippen molar-refractivity contribution in [1.82, 2.24) is 10.3 Å². The number of hydrogen-bond acceptors (Lipinski definition) is 4. The van der Waals surface area contributed by atoms with E-state index in [9.17, 15) is 4.79 Å². The van der Waals surface area contributed by atoms with Crippen molar-refractivity contribution in [2.75, 3.05) is 25.6 Å². The number of carbonyl (C=O) groups excluding carboxylic acids is 1. The predicted molar refractivity (Wildman–Crippen MR) is 71.8 cm³/mol. The van der Waals surface area contributed by atoms with Gasteiger partial charge in [-0.1, -0.05) is 0 Å². The molecule has 5 nitrogen and oxygen atoms in total. The highest BCUT2D eigenvalue weighted by Crippen LogP contribution is 2.12. The van der Waals surface area contributed by atoms with Crippen LogP contribution >= 0.6 is 0 Å². The Bertz CT molecular complexity index is 380. The fourth-order valence-electron chi connectivity index (χ4n) is 1.49. The molecule has 2 N–H and O–H groups in total. The molecule has 0 saturated heterocycles. The molecule has 0 bridgehead atoms. The molecule has 100 valence electrons. The topological polar surface area (TPSA) is 63.2 Å². The number of aromatic nitrogens is 1. The van der Waals surface area contributed by atoms with Gasteiger partial charge >= 0.3 is 0 Å². The molecule has 1 amide bonds. The molecular formula is C13H21N3O2. The van der Waals surface area contributed by atoms with Gasteiger partial charge in [-0.2, -0.15) is 0 Å². The third kappa shape index (κ3) is 4.71. The normalized spacial score (nSPS) is 10.4. The fourth-order valence-corrected chi connectivity index (χ4v) is 1.49. The van der Waals surface area contributed by atoms with Gasteiger partial charge in [0.05, 0.1) is 5.56 Å². The lowest BCUT2D eigenvalue weighted by Gasteiger charge is -2.13. The Morgan fingerprint density at radius 1 is 1.50 bits per heavy atom. The summed E-state index contributed by atoms with van der Waals surface area (Å²) in [5.74, 6) is 0.513. The number of hydrogen-bond donors (Lipinski definition) is 2. The smallest absolute Gasteiger partial charge is 0.255 e. The van der Waals surface area contributed by atoms with Crippen LogP contribution in [0.5, 0.6) is 0 Å². The van der Waals surface area contributed by atoms with Gasteiger partial charge in [-0.15, -0.1) is 0 Å². The van der Waals surface area contributed by atoms with Crippen LogP contribution in [0, 0.1) is 0 Å². The van der Waals surface area contributed by atoms with E-state index in [-0.39, 0.29) is 11.9 Å². The molecule has 0 fully saturated rings. The molecule has 0 radical (unpaired) electrons. The minimum Gasteiger partial charge on any atom is -0.385 e. The Hall–Kier alpha value is -1.62. The van der Waals surface area contributed by atoms with E-state index < -0.39 is 0 Å². The summed E-state index contributed by atoms with van der Waals surface area (Å²) in [7, 11) is 1.65. The van der Waals surface area contributed by atoms with Crippen LogP contribution in [0.25, 0.3) is 0 Å². The second-order valence-corrected chi connectivity index (χ2v) is 4.30. The summed E-state index contributed by atoms with van der Waals surface area (Å²) in [6, 6.07) is 3.76. The lowest BCUT2D eigenvalue weighted by atomic mass is 10.2. The van der Waals surface area contributed by atoms with E-state index in [2.05, 4.69) is 15.6 Å². The third-order valence-corrected chi connectivity index (χ3v) is 2.29. The Labute approximate surface area is 108 Å². The third-order valence-electron chi connectivity index (χ3n) is 2.29. The van der Waals surface area contributed by atoms with Crippen LogP contribution in [0.4, 0.5) is 5.82 Å². The molecule has 0 saturated carbocycles. The van der Waals surface area contributed by atoms with Gasteiger partial charge in [0.25, 0.3) is 5.91 Å². The molecule has 0 unspecified atom stereocenters. The molecular weight excluding hydrogens is 230 g/mol. The van der Waals surface area contributed by atoms with E-state index in [1.165, 1.54) is 0 Å². The zero-order valence-corrected chi connectivity index (χ0v) is 11.2. The van der Waals surface area contributed by atoms with Crippen molar-refractivity contribution in [3.8, 4) is 0 Å². The monoisotopic (exact) mass is 251 g/mol. The SMILES string of the molecule is COCCCNC(=O)c1cccnc1NC(C)C. The highest BCUT2D eigenvalue weighted by Gasteiger charge is 2.11. The maximum absolute atomic E-state index is 12.0. The van der Waals surface area contributed by atoms with Gasteiger partial charge in [-0.05, 0) is 32.4 Å². The Morgan fingerprint density at radius 3 is 2.94 bits per heavy atom. The van der Waals surface area contributed by atoms with E-state index in [1.54, 1.807) is 25.4 Å². The van der Waals surface area contributed by atoms with Gasteiger partial charge in [-0.25, -0.2) is 4.98 Å². The molecule has 0 spiro atoms. The maximum Gasteiger partial charge on any atom is 0.255 e. The Morgan fingerprint density at radius 2 is 2.28 bits per heavy atom. The number of nitrogens with zero attached hydrogens (tertiary/aromatic N) is 1. The number of carbonyl (C=O) groups is 1. The summed E-state index contributed by atoms with van der Waals surface area (Å²) in [6.45, 7) is 5.26. The van der Waals surface area contributed by atoms with Crippen LogP contribution in [0.3, 0.4) is 0 Å². The zero-order valence-electron chi connectivity index (χ0n) is 11.2. The van der Waals surface area contributed by atoms with E-state index in [4.69, 9.17) is 4.74 Å². The lowest BCUT2D eigenvalue weighted by Crippen LogP contribution is -2.27. The van der Waals surface area contributed by atoms with Crippen LogP contribution in [0.2, 0.25) is 0 Å². The minimum atomic E-state index is -0.109. The van der Waals surface area contributed by atoms with Gasteiger partial charge in [0, 0.05) is 32.5 Å². The van der Waals surface area contributed by atoms with Crippen molar-refractivity contribution < 1.29 is 9.53 Å². The van der Waals surface area contributed by atoms with Gasteiger partial charge in [-0.3, -0.25) is 4.79 Å². The molecule has 1 aromatic heterocycles. The average Bonchev–Trinajstić information content (AvgIpc) is 2.34. The average molecular weight is 251 g/mol. The van der Waals surface area contributed by atoms with E-state index >= 15 is 0 Å². The molecule has 0 aliphatic rings. The Kier molecular flexibility index (Phi) is 6.14. The standard InChI is InChI=1S/C13H21N3O2/c1-10(2)16-12-11(6-4-7-14-12)13(17)15-8-5-9-18-3/h4,6-7,10H,5,8-9H2,1-3H3,(H,14,16)(H,15,17). The number of anilines is 1. The maximum atomic E-state index is 12.0. The zero-order chi connectivity index (χ0) is 13.4. The summed E-state index contributed by atoms with van der Waals surface area (Å²) < 4.78 is 4.93. The quantitative estimate of drug-likeness (QED) is 0.724. The van der Waals surface area contributed by atoms with E-state index in [0.29, 0.717) is 24.5 Å². The molecule has 0 aliphatic heterocycles. The molecule has 1 heterocycles. The largest absolute Gasteiger partial charge is 0.385 e. The first-order chi connectivity index (χ1) is 8.65. The van der Waals surface area contributed by atoms with Crippen molar-refractivity contribution >= 4 is 11.7 Å². The van der Waals surface area contributed by atoms with Gasteiger partial charge in [0.15, 0.2) is 0 Å². The molecule has 0 atom stereocenters. The highest BCUT2D eigenvalue weighted by atomic mass is 16.5. The molecule has 18 heavy (non-hydrogen) atoms. The van der Waals surface area contributed by atoms with Crippen LogP contribution in [-0.2, 0) is 4.74 Å². The summed E-state index contributed by atoms with van der Waals surface area (Å²) >= 11 is 0. The van der Waals surface area contributed by atoms with Crippen LogP contribution < -0.4 is 10.6 Å². The summed E-state index contributed by atoms with van der Waals surface area (Å²) in [5.41, 5.74) is 0.573. The van der Waals surface area contributed by atoms with Crippen LogP contribution in [0.1, 0.15) is 30.6 Å². The lowest BCUT2D eigenvalue weighted by molar-refractivity contribution is 0.0949. The molecule has 0 aromatic carbocycles. The second-order valence-electron chi connectivity index (χ2n) is 4.30. The first kappa shape index (κ1) is 14.4. The van der Waals surface area contributed by atoms with Crippen molar-refractivity contribution in [1.29, 1.82) is 0 Å². The summed E-state index contributed by atoms with van der Waals surface area (Å²) in [5, 5.41) is 6.01. The number of pyridine rings is 1. The Balaban J connectivity index is 2.61. The molecule has 0 aliphatic carbocycles. The van der Waals surface area contributed by atoms with Gasteiger partial charge < -0.3 is 15.4 Å². The van der Waals surface area contributed by atoms with Crippen molar-refractivity contribution in [2.24, 2.45) is 0 Å². The van der Waals surface area contributed by atoms with Crippen molar-refractivity contribution in [2.45, 2.75) is 26.3 Å². The molecule has 5 heteroatoms. The van der Waals surface area contributed by atoms with Crippen LogP contribution in [-0.4, -0.2) is 37.2 Å². The number of nitrogens with one attached hydrogen (secondary N) is 2.